The van der Waals surface area contributed by atoms with Crippen LogP contribution in [0.3, 0.4) is 0 Å². The van der Waals surface area contributed by atoms with Crippen LogP contribution in [-0.2, 0) is 29.1 Å². The summed E-state index contributed by atoms with van der Waals surface area (Å²) >= 11 is 0. The molecule has 3 heterocycles. The number of urea groups is 1. The topological polar surface area (TPSA) is 135 Å². The van der Waals surface area contributed by atoms with E-state index in [0.717, 1.165) is 25.7 Å². The predicted octanol–water partition coefficient (Wildman–Crippen LogP) is -0.00360. The Morgan fingerprint density at radius 3 is 2.85 bits per heavy atom. The van der Waals surface area contributed by atoms with Gasteiger partial charge < -0.3 is 9.64 Å². The van der Waals surface area contributed by atoms with Gasteiger partial charge >= 0.3 is 16.4 Å². The van der Waals surface area contributed by atoms with Gasteiger partial charge in [-0.05, 0) is 25.7 Å². The quantitative estimate of drug-likeness (QED) is 0.475. The highest BCUT2D eigenvalue weighted by molar-refractivity contribution is 7.80. The van der Waals surface area contributed by atoms with E-state index >= 15 is 0 Å². The van der Waals surface area contributed by atoms with Crippen molar-refractivity contribution in [3.8, 4) is 0 Å². The number of rotatable bonds is 6. The zero-order valence-electron chi connectivity index (χ0n) is 14.2. The molecule has 0 aromatic carbocycles. The molecule has 0 saturated carbocycles. The summed E-state index contributed by atoms with van der Waals surface area (Å²) < 4.78 is 40.4. The molecule has 3 rings (SSSR count). The number of hydrogen-bond donors (Lipinski definition) is 2. The van der Waals surface area contributed by atoms with Crippen LogP contribution in [0.15, 0.2) is 0 Å². The van der Waals surface area contributed by atoms with Crippen molar-refractivity contribution >= 4 is 22.3 Å². The number of hydroxylamine groups is 3. The van der Waals surface area contributed by atoms with Gasteiger partial charge in [-0.25, -0.2) is 10.3 Å². The molecule has 0 aromatic heterocycles. The summed E-state index contributed by atoms with van der Waals surface area (Å²) in [6.45, 7) is 1.04. The average molecular weight is 393 g/mol. The molecule has 2 N–H and O–H groups in total. The molecule has 0 aliphatic carbocycles. The van der Waals surface area contributed by atoms with Gasteiger partial charge in [0.25, 0.3) is 5.91 Å². The third-order valence-corrected chi connectivity index (χ3v) is 5.11. The van der Waals surface area contributed by atoms with E-state index in [1.807, 2.05) is 0 Å². The number of carbonyl (C=O) groups excluding carboxylic acids is 2. The van der Waals surface area contributed by atoms with Crippen LogP contribution in [0.1, 0.15) is 38.5 Å². The van der Waals surface area contributed by atoms with Gasteiger partial charge in [-0.1, -0.05) is 12.8 Å². The zero-order valence-corrected chi connectivity index (χ0v) is 15.0. The number of hydrogen-bond acceptors (Lipinski definition) is 7. The molecule has 148 valence electrons. The van der Waals surface area contributed by atoms with E-state index in [1.165, 1.54) is 4.90 Å². The summed E-state index contributed by atoms with van der Waals surface area (Å²) in [6, 6.07) is -2.10. The number of carbonyl (C=O) groups is 2. The van der Waals surface area contributed by atoms with Crippen molar-refractivity contribution in [2.75, 3.05) is 19.8 Å². The SMILES string of the molecule is O=C(NOCC1CCCCCO1)[C@@H]1CC[C@@H]2CN1C(=O)N2OS(=O)(=O)O. The van der Waals surface area contributed by atoms with Crippen molar-refractivity contribution in [3.05, 3.63) is 0 Å². The highest BCUT2D eigenvalue weighted by atomic mass is 32.3. The predicted molar refractivity (Wildman–Crippen MR) is 85.7 cm³/mol. The second-order valence-corrected chi connectivity index (χ2v) is 7.63. The van der Waals surface area contributed by atoms with Crippen LogP contribution >= 0.6 is 0 Å². The molecule has 0 aromatic rings. The molecule has 2 bridgehead atoms. The smallest absolute Gasteiger partial charge is 0.376 e. The largest absolute Gasteiger partial charge is 0.418 e. The maximum absolute atomic E-state index is 12.3. The standard InChI is InChI=1S/C14H23N3O8S/c18-13(15-24-9-11-4-2-1-3-7-23-11)12-6-5-10-8-16(12)14(19)17(10)25-26(20,21)22/h10-12H,1-9H2,(H,15,18)(H,20,21,22)/t10-,11?,12+/m1/s1. The van der Waals surface area contributed by atoms with Crippen LogP contribution in [0, 0.1) is 0 Å². The number of nitrogens with zero attached hydrogens (tertiary/aromatic N) is 2. The second-order valence-electron chi connectivity index (χ2n) is 6.63. The monoisotopic (exact) mass is 393 g/mol. The lowest BCUT2D eigenvalue weighted by atomic mass is 10.0. The lowest BCUT2D eigenvalue weighted by Crippen LogP contribution is -2.50. The third kappa shape index (κ3) is 4.62. The fourth-order valence-corrected chi connectivity index (χ4v) is 3.88. The van der Waals surface area contributed by atoms with Crippen LogP contribution in [-0.4, -0.2) is 72.8 Å². The van der Waals surface area contributed by atoms with Gasteiger partial charge in [0, 0.05) is 13.2 Å². The Morgan fingerprint density at radius 1 is 1.27 bits per heavy atom. The molecule has 12 heteroatoms. The van der Waals surface area contributed by atoms with Crippen molar-refractivity contribution in [3.63, 3.8) is 0 Å². The van der Waals surface area contributed by atoms with E-state index in [4.69, 9.17) is 14.1 Å². The summed E-state index contributed by atoms with van der Waals surface area (Å²) in [7, 11) is -4.81. The minimum Gasteiger partial charge on any atom is -0.376 e. The number of amides is 3. The lowest BCUT2D eigenvalue weighted by Gasteiger charge is -2.29. The van der Waals surface area contributed by atoms with E-state index in [0.29, 0.717) is 24.5 Å². The third-order valence-electron chi connectivity index (χ3n) is 4.77. The fourth-order valence-electron chi connectivity index (χ4n) is 3.49. The first-order valence-electron chi connectivity index (χ1n) is 8.65. The molecule has 3 aliphatic heterocycles. The van der Waals surface area contributed by atoms with Crippen LogP contribution in [0.25, 0.3) is 0 Å². The Bertz CT molecular complexity index is 634. The van der Waals surface area contributed by atoms with Gasteiger partial charge in [-0.3, -0.25) is 14.2 Å². The summed E-state index contributed by atoms with van der Waals surface area (Å²) in [5.74, 6) is -0.487. The molecular weight excluding hydrogens is 370 g/mol. The molecular formula is C14H23N3O8S. The molecule has 0 spiro atoms. The molecule has 11 nitrogen and oxygen atoms in total. The van der Waals surface area contributed by atoms with Crippen LogP contribution in [0.2, 0.25) is 0 Å². The highest BCUT2D eigenvalue weighted by Gasteiger charge is 2.49. The number of nitrogens with one attached hydrogen (secondary N) is 1. The summed E-state index contributed by atoms with van der Waals surface area (Å²) in [6.07, 6.45) is 4.68. The zero-order chi connectivity index (χ0) is 18.7. The Balaban J connectivity index is 1.50. The van der Waals surface area contributed by atoms with Crippen molar-refractivity contribution < 1.29 is 36.4 Å². The molecule has 3 fully saturated rings. The van der Waals surface area contributed by atoms with E-state index in [9.17, 15) is 18.0 Å². The fraction of sp³-hybridized carbons (Fsp3) is 0.857. The van der Waals surface area contributed by atoms with E-state index in [1.54, 1.807) is 0 Å². The Morgan fingerprint density at radius 2 is 2.08 bits per heavy atom. The van der Waals surface area contributed by atoms with Crippen LogP contribution < -0.4 is 5.48 Å². The van der Waals surface area contributed by atoms with Crippen molar-refractivity contribution in [1.82, 2.24) is 15.4 Å². The van der Waals surface area contributed by atoms with Gasteiger partial charge in [0.05, 0.1) is 12.1 Å². The Kier molecular flexibility index (Phi) is 5.97. The lowest BCUT2D eigenvalue weighted by molar-refractivity contribution is -0.142. The van der Waals surface area contributed by atoms with Crippen LogP contribution in [0.5, 0.6) is 0 Å². The van der Waals surface area contributed by atoms with Crippen molar-refractivity contribution in [2.45, 2.75) is 56.7 Å². The van der Waals surface area contributed by atoms with E-state index in [-0.39, 0.29) is 19.3 Å². The van der Waals surface area contributed by atoms with Gasteiger partial charge in [0.1, 0.15) is 12.6 Å². The normalized spacial score (nSPS) is 29.6. The Hall–Kier alpha value is -1.47. The molecule has 1 unspecified atom stereocenters. The highest BCUT2D eigenvalue weighted by Crippen LogP contribution is 2.30. The first kappa shape index (κ1) is 19.3. The molecule has 0 radical (unpaired) electrons. The summed E-state index contributed by atoms with van der Waals surface area (Å²) in [4.78, 5) is 31.0. The molecule has 3 atom stereocenters. The molecule has 3 saturated heterocycles. The summed E-state index contributed by atoms with van der Waals surface area (Å²) in [5.41, 5.74) is 2.35. The molecule has 3 aliphatic rings. The van der Waals surface area contributed by atoms with Gasteiger partial charge in [0.2, 0.25) is 0 Å². The van der Waals surface area contributed by atoms with Crippen molar-refractivity contribution in [1.29, 1.82) is 0 Å². The minimum atomic E-state index is -4.81. The summed E-state index contributed by atoms with van der Waals surface area (Å²) in [5, 5.41) is 0.600. The maximum atomic E-state index is 12.3. The van der Waals surface area contributed by atoms with Gasteiger partial charge in [-0.2, -0.15) is 13.5 Å². The molecule has 26 heavy (non-hydrogen) atoms. The number of piperidine rings is 1. The van der Waals surface area contributed by atoms with E-state index in [2.05, 4.69) is 9.76 Å². The number of ether oxygens (including phenoxy) is 1. The van der Waals surface area contributed by atoms with Crippen LogP contribution in [0.4, 0.5) is 4.79 Å². The van der Waals surface area contributed by atoms with E-state index < -0.39 is 34.4 Å². The average Bonchev–Trinajstić information content (AvgIpc) is 2.78. The van der Waals surface area contributed by atoms with Gasteiger partial charge in [-0.15, -0.1) is 4.28 Å². The minimum absolute atomic E-state index is 0.0689. The Labute approximate surface area is 151 Å². The number of fused-ring (bicyclic) bond motifs is 2. The first-order valence-corrected chi connectivity index (χ1v) is 10.0. The molecule has 3 amide bonds. The second kappa shape index (κ2) is 8.05. The maximum Gasteiger partial charge on any atom is 0.418 e. The first-order chi connectivity index (χ1) is 12.3. The van der Waals surface area contributed by atoms with Gasteiger partial charge in [0.15, 0.2) is 0 Å². The van der Waals surface area contributed by atoms with Crippen molar-refractivity contribution in [2.24, 2.45) is 0 Å².